The number of pyridine rings is 1. The summed E-state index contributed by atoms with van der Waals surface area (Å²) in [5.74, 6) is 1.05. The highest BCUT2D eigenvalue weighted by Gasteiger charge is 2.59. The van der Waals surface area contributed by atoms with Crippen LogP contribution in [-0.4, -0.2) is 60.2 Å². The Hall–Kier alpha value is -3.82. The summed E-state index contributed by atoms with van der Waals surface area (Å²) in [5.41, 5.74) is 8.40. The zero-order chi connectivity index (χ0) is 29.5. The fourth-order valence-electron chi connectivity index (χ4n) is 9.78. The van der Waals surface area contributed by atoms with E-state index in [1.165, 1.54) is 0 Å². The lowest BCUT2D eigenvalue weighted by molar-refractivity contribution is -0.145. The number of nitrogens with two attached hydrogens (primary N) is 1. The predicted octanol–water partition coefficient (Wildman–Crippen LogP) is 4.12. The zero-order valence-corrected chi connectivity index (χ0v) is 24.5. The Morgan fingerprint density at radius 2 is 1.63 bits per heavy atom. The van der Waals surface area contributed by atoms with E-state index in [0.717, 1.165) is 87.3 Å². The second-order valence-electron chi connectivity index (χ2n) is 14.2. The molecule has 2 aromatic rings. The third-order valence-corrected chi connectivity index (χ3v) is 12.0. The van der Waals surface area contributed by atoms with Crippen molar-refractivity contribution >= 4 is 40.8 Å². The summed E-state index contributed by atoms with van der Waals surface area (Å²) < 4.78 is 0. The second kappa shape index (κ2) is 9.59. The van der Waals surface area contributed by atoms with Crippen molar-refractivity contribution in [3.63, 3.8) is 0 Å². The number of nitrogens with one attached hydrogen (secondary N) is 1. The third kappa shape index (κ3) is 4.27. The molecule has 0 radical (unpaired) electrons. The van der Waals surface area contributed by atoms with E-state index in [1.807, 2.05) is 41.4 Å². The summed E-state index contributed by atoms with van der Waals surface area (Å²) >= 11 is 0. The SMILES string of the molecule is NC(=O)C12CC3CC(C1)C(NC(=O)N1CCN(c4ccc(N5CCC6(CC5)CC6C(=O)O)cn4)c4ccccc41)C(C3)C2. The normalized spacial score (nSPS) is 33.3. The smallest absolute Gasteiger partial charge is 0.322 e. The maximum atomic E-state index is 13.8. The van der Waals surface area contributed by atoms with Crippen LogP contribution < -0.4 is 25.8 Å². The number of amides is 3. The van der Waals surface area contributed by atoms with Crippen LogP contribution in [0.5, 0.6) is 0 Å². The molecular formula is C33H40N6O4. The van der Waals surface area contributed by atoms with Gasteiger partial charge in [-0.15, -0.1) is 0 Å². The van der Waals surface area contributed by atoms with E-state index in [1.54, 1.807) is 0 Å². The van der Waals surface area contributed by atoms with Gasteiger partial charge in [-0.2, -0.15) is 0 Å². The molecule has 7 aliphatic rings. The van der Waals surface area contributed by atoms with Gasteiger partial charge in [0.05, 0.1) is 29.2 Å². The number of carbonyl (C=O) groups is 3. The number of hydrogen-bond donors (Lipinski definition) is 3. The van der Waals surface area contributed by atoms with Gasteiger partial charge in [-0.25, -0.2) is 9.78 Å². The molecule has 1 aromatic heterocycles. The highest BCUT2D eigenvalue weighted by atomic mass is 16.4. The van der Waals surface area contributed by atoms with E-state index >= 15 is 0 Å². The summed E-state index contributed by atoms with van der Waals surface area (Å²) in [7, 11) is 0. The lowest BCUT2D eigenvalue weighted by Gasteiger charge is -2.59. The minimum absolute atomic E-state index is 0.00711. The number of carboxylic acid groups (broad SMARTS) is 1. The second-order valence-corrected chi connectivity index (χ2v) is 14.2. The lowest BCUT2D eigenvalue weighted by atomic mass is 9.47. The van der Waals surface area contributed by atoms with Crippen molar-refractivity contribution in [1.29, 1.82) is 0 Å². The van der Waals surface area contributed by atoms with Crippen molar-refractivity contribution < 1.29 is 19.5 Å². The fraction of sp³-hybridized carbons (Fsp3) is 0.576. The van der Waals surface area contributed by atoms with Gasteiger partial charge in [0.1, 0.15) is 5.82 Å². The van der Waals surface area contributed by atoms with E-state index in [2.05, 4.69) is 21.2 Å². The molecule has 5 aliphatic carbocycles. The minimum atomic E-state index is -0.650. The molecule has 2 aliphatic heterocycles. The number of aliphatic carboxylic acids is 1. The van der Waals surface area contributed by atoms with E-state index in [9.17, 15) is 19.5 Å². The highest BCUT2D eigenvalue weighted by Crippen LogP contribution is 2.61. The van der Waals surface area contributed by atoms with Crippen LogP contribution >= 0.6 is 0 Å². The van der Waals surface area contributed by atoms with Crippen molar-refractivity contribution in [3.05, 3.63) is 42.6 Å². The van der Waals surface area contributed by atoms with Gasteiger partial charge >= 0.3 is 12.0 Å². The monoisotopic (exact) mass is 584 g/mol. The maximum absolute atomic E-state index is 13.8. The van der Waals surface area contributed by atoms with Crippen molar-refractivity contribution in [2.24, 2.45) is 40.2 Å². The number of anilines is 4. The summed E-state index contributed by atoms with van der Waals surface area (Å²) in [6.07, 6.45) is 9.23. The van der Waals surface area contributed by atoms with E-state index in [0.29, 0.717) is 30.8 Å². The molecular weight excluding hydrogens is 544 g/mol. The largest absolute Gasteiger partial charge is 0.481 e. The van der Waals surface area contributed by atoms with Crippen molar-refractivity contribution in [1.82, 2.24) is 10.3 Å². The van der Waals surface area contributed by atoms with Crippen LogP contribution in [0.2, 0.25) is 0 Å². The van der Waals surface area contributed by atoms with Crippen LogP contribution in [0.3, 0.4) is 0 Å². The highest BCUT2D eigenvalue weighted by molar-refractivity contribution is 5.98. The molecule has 6 fully saturated rings. The van der Waals surface area contributed by atoms with Gasteiger partial charge in [-0.3, -0.25) is 14.5 Å². The first-order valence-corrected chi connectivity index (χ1v) is 15.9. The van der Waals surface area contributed by atoms with Gasteiger partial charge in [-0.1, -0.05) is 12.1 Å². The first-order chi connectivity index (χ1) is 20.8. The number of hydrogen-bond acceptors (Lipinski definition) is 6. The first-order valence-electron chi connectivity index (χ1n) is 15.9. The van der Waals surface area contributed by atoms with Crippen LogP contribution in [0.25, 0.3) is 0 Å². The Bertz CT molecular complexity index is 1450. The van der Waals surface area contributed by atoms with Gasteiger partial charge in [0, 0.05) is 37.6 Å². The number of urea groups is 1. The number of carboxylic acids is 1. The molecule has 4 bridgehead atoms. The van der Waals surface area contributed by atoms with Crippen molar-refractivity contribution in [2.45, 2.75) is 57.4 Å². The third-order valence-electron chi connectivity index (χ3n) is 12.0. The molecule has 1 aromatic carbocycles. The Kier molecular flexibility index (Phi) is 5.97. The van der Waals surface area contributed by atoms with Gasteiger partial charge in [0.25, 0.3) is 0 Å². The first kappa shape index (κ1) is 26.8. The molecule has 226 valence electrons. The summed E-state index contributed by atoms with van der Waals surface area (Å²) in [6.45, 7) is 2.88. The molecule has 3 amide bonds. The molecule has 10 nitrogen and oxygen atoms in total. The van der Waals surface area contributed by atoms with Crippen molar-refractivity contribution in [3.8, 4) is 0 Å². The molecule has 9 rings (SSSR count). The van der Waals surface area contributed by atoms with Crippen LogP contribution in [0, 0.1) is 34.5 Å². The molecule has 3 atom stereocenters. The number of fused-ring (bicyclic) bond motifs is 1. The Labute approximate surface area is 251 Å². The molecule has 5 saturated carbocycles. The summed E-state index contributed by atoms with van der Waals surface area (Å²) in [4.78, 5) is 48.8. The average Bonchev–Trinajstić information content (AvgIpc) is 3.72. The van der Waals surface area contributed by atoms with Gasteiger partial charge in [0.15, 0.2) is 0 Å². The topological polar surface area (TPSA) is 132 Å². The van der Waals surface area contributed by atoms with E-state index < -0.39 is 5.97 Å². The molecule has 3 unspecified atom stereocenters. The van der Waals surface area contributed by atoms with Gasteiger partial charge < -0.3 is 26.0 Å². The number of primary amides is 1. The standard InChI is InChI=1S/C33H40N6O4/c34-30(42)33-15-20-13-21(16-33)28(22(14-20)17-33)36-31(43)39-12-11-38(25-3-1-2-4-26(25)39)27-6-5-23(19-35-27)37-9-7-32(8-10-37)18-24(32)29(40)41/h1-6,19-22,24,28H,7-18H2,(H2,34,42)(H,36,43)(H,40,41). The maximum Gasteiger partial charge on any atom is 0.322 e. The van der Waals surface area contributed by atoms with E-state index in [-0.39, 0.29) is 34.7 Å². The van der Waals surface area contributed by atoms with Crippen LogP contribution in [-0.2, 0) is 9.59 Å². The molecule has 4 N–H and O–H groups in total. The molecule has 1 spiro atoms. The summed E-state index contributed by atoms with van der Waals surface area (Å²) in [5, 5.41) is 12.8. The molecule has 1 saturated heterocycles. The number of benzene rings is 1. The summed E-state index contributed by atoms with van der Waals surface area (Å²) in [6, 6.07) is 12.2. The molecule has 43 heavy (non-hydrogen) atoms. The quantitative estimate of drug-likeness (QED) is 0.482. The fourth-order valence-corrected chi connectivity index (χ4v) is 9.78. The Morgan fingerprint density at radius 3 is 2.26 bits per heavy atom. The predicted molar refractivity (Wildman–Crippen MR) is 162 cm³/mol. The number of aromatic nitrogens is 1. The zero-order valence-electron chi connectivity index (χ0n) is 24.5. The van der Waals surface area contributed by atoms with Crippen LogP contribution in [0.15, 0.2) is 42.6 Å². The van der Waals surface area contributed by atoms with Crippen LogP contribution in [0.4, 0.5) is 27.7 Å². The average molecular weight is 585 g/mol. The Morgan fingerprint density at radius 1 is 0.907 bits per heavy atom. The van der Waals surface area contributed by atoms with Crippen molar-refractivity contribution in [2.75, 3.05) is 40.9 Å². The van der Waals surface area contributed by atoms with Gasteiger partial charge in [-0.05, 0) is 98.8 Å². The number of nitrogens with zero attached hydrogens (tertiary/aromatic N) is 4. The minimum Gasteiger partial charge on any atom is -0.481 e. The number of para-hydroxylation sites is 2. The van der Waals surface area contributed by atoms with Crippen LogP contribution in [0.1, 0.15) is 51.4 Å². The Balaban J connectivity index is 0.952. The number of rotatable bonds is 5. The number of piperidine rings is 1. The van der Waals surface area contributed by atoms with Gasteiger partial charge in [0.2, 0.25) is 5.91 Å². The molecule has 10 heteroatoms. The molecule has 3 heterocycles. The lowest BCUT2D eigenvalue weighted by Crippen LogP contribution is -2.63. The number of carbonyl (C=O) groups excluding carboxylic acids is 2. The van der Waals surface area contributed by atoms with E-state index in [4.69, 9.17) is 10.7 Å².